The standard InChI is InChI=1S/C19H21NO4/c21-19(18-14-22-11-12-23-18)20-17(15-7-3-1-4-8-15)13-24-16-9-5-2-6-10-16/h1-10,17-18H,11-14H2,(H,20,21)/t17-,18-/m0/s1. The molecule has 1 saturated heterocycles. The molecule has 2 aromatic carbocycles. The van der Waals surface area contributed by atoms with Crippen molar-refractivity contribution in [3.05, 3.63) is 66.2 Å². The van der Waals surface area contributed by atoms with Crippen molar-refractivity contribution >= 4 is 5.91 Å². The number of hydrogen-bond acceptors (Lipinski definition) is 4. The summed E-state index contributed by atoms with van der Waals surface area (Å²) in [4.78, 5) is 12.4. The van der Waals surface area contributed by atoms with Gasteiger partial charge >= 0.3 is 0 Å². The highest BCUT2D eigenvalue weighted by atomic mass is 16.6. The lowest BCUT2D eigenvalue weighted by Crippen LogP contribution is -2.45. The molecule has 0 radical (unpaired) electrons. The minimum Gasteiger partial charge on any atom is -0.491 e. The maximum Gasteiger partial charge on any atom is 0.252 e. The largest absolute Gasteiger partial charge is 0.491 e. The normalized spacial score (nSPS) is 18.6. The van der Waals surface area contributed by atoms with Gasteiger partial charge in [-0.3, -0.25) is 4.79 Å². The number of carbonyl (C=O) groups is 1. The van der Waals surface area contributed by atoms with Crippen LogP contribution in [0.5, 0.6) is 5.75 Å². The molecule has 0 spiro atoms. The zero-order valence-corrected chi connectivity index (χ0v) is 13.4. The Morgan fingerprint density at radius 3 is 2.46 bits per heavy atom. The minimum absolute atomic E-state index is 0.180. The third kappa shape index (κ3) is 4.57. The average molecular weight is 327 g/mol. The lowest BCUT2D eigenvalue weighted by molar-refractivity contribution is -0.148. The molecule has 24 heavy (non-hydrogen) atoms. The molecule has 0 saturated carbocycles. The third-order valence-corrected chi connectivity index (χ3v) is 3.79. The van der Waals surface area contributed by atoms with Gasteiger partial charge in [0, 0.05) is 0 Å². The monoisotopic (exact) mass is 327 g/mol. The predicted molar refractivity (Wildman–Crippen MR) is 89.8 cm³/mol. The van der Waals surface area contributed by atoms with Gasteiger partial charge in [0.1, 0.15) is 12.4 Å². The minimum atomic E-state index is -0.568. The molecule has 2 atom stereocenters. The summed E-state index contributed by atoms with van der Waals surface area (Å²) < 4.78 is 16.6. The molecule has 0 bridgehead atoms. The number of nitrogens with one attached hydrogen (secondary N) is 1. The molecule has 1 heterocycles. The van der Waals surface area contributed by atoms with Crippen molar-refractivity contribution in [2.75, 3.05) is 26.4 Å². The van der Waals surface area contributed by atoms with Gasteiger partial charge < -0.3 is 19.5 Å². The molecule has 1 aliphatic heterocycles. The first-order chi connectivity index (χ1) is 11.8. The predicted octanol–water partition coefficient (Wildman–Crippen LogP) is 2.34. The van der Waals surface area contributed by atoms with Gasteiger partial charge in [-0.2, -0.15) is 0 Å². The van der Waals surface area contributed by atoms with Crippen molar-refractivity contribution < 1.29 is 19.0 Å². The summed E-state index contributed by atoms with van der Waals surface area (Å²) in [6.45, 7) is 1.60. The van der Waals surface area contributed by atoms with Crippen LogP contribution in [-0.2, 0) is 14.3 Å². The van der Waals surface area contributed by atoms with Crippen molar-refractivity contribution in [1.82, 2.24) is 5.32 Å². The number of hydrogen-bond donors (Lipinski definition) is 1. The van der Waals surface area contributed by atoms with E-state index in [1.807, 2.05) is 60.7 Å². The molecule has 5 nitrogen and oxygen atoms in total. The third-order valence-electron chi connectivity index (χ3n) is 3.79. The molecule has 3 rings (SSSR count). The molecular weight excluding hydrogens is 306 g/mol. The van der Waals surface area contributed by atoms with Crippen molar-refractivity contribution in [2.24, 2.45) is 0 Å². The summed E-state index contributed by atoms with van der Waals surface area (Å²) in [6, 6.07) is 19.1. The fraction of sp³-hybridized carbons (Fsp3) is 0.316. The zero-order valence-electron chi connectivity index (χ0n) is 13.4. The Morgan fingerprint density at radius 2 is 1.79 bits per heavy atom. The Morgan fingerprint density at radius 1 is 1.08 bits per heavy atom. The van der Waals surface area contributed by atoms with Gasteiger partial charge in [0.05, 0.1) is 25.9 Å². The highest BCUT2D eigenvalue weighted by Gasteiger charge is 2.25. The van der Waals surface area contributed by atoms with Gasteiger partial charge in [-0.25, -0.2) is 0 Å². The van der Waals surface area contributed by atoms with E-state index in [-0.39, 0.29) is 18.6 Å². The molecule has 126 valence electrons. The number of rotatable bonds is 6. The Bertz CT molecular complexity index is 626. The molecular formula is C19H21NO4. The first-order valence-electron chi connectivity index (χ1n) is 8.05. The topological polar surface area (TPSA) is 56.8 Å². The summed E-state index contributed by atoms with van der Waals surface area (Å²) in [5, 5.41) is 3.00. The van der Waals surface area contributed by atoms with E-state index in [2.05, 4.69) is 5.32 Å². The van der Waals surface area contributed by atoms with Crippen LogP contribution in [-0.4, -0.2) is 38.4 Å². The molecule has 0 aromatic heterocycles. The molecule has 0 aliphatic carbocycles. The van der Waals surface area contributed by atoms with Crippen molar-refractivity contribution in [2.45, 2.75) is 12.1 Å². The van der Waals surface area contributed by atoms with Crippen LogP contribution in [0.4, 0.5) is 0 Å². The van der Waals surface area contributed by atoms with E-state index in [1.165, 1.54) is 0 Å². The summed E-state index contributed by atoms with van der Waals surface area (Å²) in [5.41, 5.74) is 0.985. The van der Waals surface area contributed by atoms with Crippen molar-refractivity contribution in [1.29, 1.82) is 0 Å². The molecule has 5 heteroatoms. The lowest BCUT2D eigenvalue weighted by atomic mass is 10.1. The van der Waals surface area contributed by atoms with Gasteiger partial charge in [-0.15, -0.1) is 0 Å². The highest BCUT2D eigenvalue weighted by Crippen LogP contribution is 2.17. The molecule has 2 aromatic rings. The second-order valence-corrected chi connectivity index (χ2v) is 5.53. The Balaban J connectivity index is 1.66. The molecule has 1 aliphatic rings. The second kappa shape index (κ2) is 8.47. The maximum absolute atomic E-state index is 12.4. The van der Waals surface area contributed by atoms with E-state index in [4.69, 9.17) is 14.2 Å². The van der Waals surface area contributed by atoms with Crippen molar-refractivity contribution in [3.63, 3.8) is 0 Å². The summed E-state index contributed by atoms with van der Waals surface area (Å²) in [7, 11) is 0. The quantitative estimate of drug-likeness (QED) is 0.885. The molecule has 1 amide bonds. The van der Waals surface area contributed by atoms with Crippen LogP contribution in [0.3, 0.4) is 0 Å². The Labute approximate surface area is 141 Å². The summed E-state index contributed by atoms with van der Waals surface area (Å²) in [6.07, 6.45) is -0.568. The second-order valence-electron chi connectivity index (χ2n) is 5.53. The molecule has 1 fully saturated rings. The van der Waals surface area contributed by atoms with Gasteiger partial charge in [-0.1, -0.05) is 48.5 Å². The number of carbonyl (C=O) groups excluding carboxylic acids is 1. The van der Waals surface area contributed by atoms with Crippen LogP contribution in [0.2, 0.25) is 0 Å². The van der Waals surface area contributed by atoms with Gasteiger partial charge in [0.15, 0.2) is 6.10 Å². The van der Waals surface area contributed by atoms with E-state index in [1.54, 1.807) is 0 Å². The first kappa shape index (κ1) is 16.5. The van der Waals surface area contributed by atoms with Gasteiger partial charge in [0.2, 0.25) is 0 Å². The Kier molecular flexibility index (Phi) is 5.82. The van der Waals surface area contributed by atoms with E-state index in [0.717, 1.165) is 11.3 Å². The van der Waals surface area contributed by atoms with E-state index >= 15 is 0 Å². The van der Waals surface area contributed by atoms with Crippen LogP contribution < -0.4 is 10.1 Å². The molecule has 1 N–H and O–H groups in total. The first-order valence-corrected chi connectivity index (χ1v) is 8.05. The summed E-state index contributed by atoms with van der Waals surface area (Å²) in [5.74, 6) is 0.588. The number of amides is 1. The number of benzene rings is 2. The van der Waals surface area contributed by atoms with Crippen LogP contribution in [0.15, 0.2) is 60.7 Å². The highest BCUT2D eigenvalue weighted by molar-refractivity contribution is 5.81. The number of ether oxygens (including phenoxy) is 3. The van der Waals surface area contributed by atoms with Gasteiger partial charge in [-0.05, 0) is 17.7 Å². The summed E-state index contributed by atoms with van der Waals surface area (Å²) >= 11 is 0. The van der Waals surface area contributed by atoms with Crippen molar-refractivity contribution in [3.8, 4) is 5.75 Å². The van der Waals surface area contributed by atoms with E-state index in [9.17, 15) is 4.79 Å². The van der Waals surface area contributed by atoms with Crippen LogP contribution >= 0.6 is 0 Å². The fourth-order valence-corrected chi connectivity index (χ4v) is 2.51. The van der Waals surface area contributed by atoms with E-state index in [0.29, 0.717) is 19.8 Å². The average Bonchev–Trinajstić information content (AvgIpc) is 2.67. The maximum atomic E-state index is 12.4. The van der Waals surface area contributed by atoms with Crippen LogP contribution in [0.1, 0.15) is 11.6 Å². The van der Waals surface area contributed by atoms with Crippen LogP contribution in [0, 0.1) is 0 Å². The SMILES string of the molecule is O=C(N[C@@H](COc1ccccc1)c1ccccc1)[C@@H]1COCCO1. The molecule has 0 unspecified atom stereocenters. The number of para-hydroxylation sites is 1. The van der Waals surface area contributed by atoms with E-state index < -0.39 is 6.10 Å². The Hall–Kier alpha value is -2.37. The van der Waals surface area contributed by atoms with Gasteiger partial charge in [0.25, 0.3) is 5.91 Å². The fourth-order valence-electron chi connectivity index (χ4n) is 2.51. The lowest BCUT2D eigenvalue weighted by Gasteiger charge is -2.25. The van der Waals surface area contributed by atoms with Crippen LogP contribution in [0.25, 0.3) is 0 Å². The smallest absolute Gasteiger partial charge is 0.252 e. The zero-order chi connectivity index (χ0) is 16.6.